The third-order valence-electron chi connectivity index (χ3n) is 4.47. The molecule has 8 heteroatoms. The molecule has 0 aliphatic carbocycles. The lowest BCUT2D eigenvalue weighted by Gasteiger charge is -2.29. The molecule has 0 bridgehead atoms. The van der Waals surface area contributed by atoms with Crippen molar-refractivity contribution in [1.82, 2.24) is 24.5 Å². The Bertz CT molecular complexity index is 951. The standard InChI is InChI=1S/C18H21N5O2S/c1-3-15(17(24)22-8-10-25-11-9-22)26-18-20-14-7-5-4-6-13(14)16-19-12(2)21-23(16)18/h4-7,15H,3,8-11H2,1-2H3/t15-/m1/s1. The molecule has 4 rings (SSSR count). The van der Waals surface area contributed by atoms with E-state index in [2.05, 4.69) is 10.1 Å². The number of carbonyl (C=O) groups excluding carboxylic acids is 1. The molecule has 26 heavy (non-hydrogen) atoms. The number of benzene rings is 1. The zero-order chi connectivity index (χ0) is 18.1. The zero-order valence-corrected chi connectivity index (χ0v) is 15.7. The first kappa shape index (κ1) is 17.2. The van der Waals surface area contributed by atoms with E-state index in [1.54, 1.807) is 4.52 Å². The maximum Gasteiger partial charge on any atom is 0.236 e. The van der Waals surface area contributed by atoms with Crippen molar-refractivity contribution >= 4 is 34.2 Å². The molecule has 1 saturated heterocycles. The van der Waals surface area contributed by atoms with Crippen LogP contribution in [0.2, 0.25) is 0 Å². The highest BCUT2D eigenvalue weighted by Gasteiger charge is 2.27. The molecule has 3 aromatic rings. The number of hydrogen-bond donors (Lipinski definition) is 0. The molecule has 0 spiro atoms. The fraction of sp³-hybridized carbons (Fsp3) is 0.444. The minimum Gasteiger partial charge on any atom is -0.378 e. The van der Waals surface area contributed by atoms with E-state index in [0.717, 1.165) is 23.0 Å². The average Bonchev–Trinajstić information content (AvgIpc) is 3.08. The topological polar surface area (TPSA) is 72.6 Å². The number of thioether (sulfide) groups is 1. The monoisotopic (exact) mass is 371 g/mol. The number of para-hydroxylation sites is 1. The minimum absolute atomic E-state index is 0.140. The lowest BCUT2D eigenvalue weighted by molar-refractivity contribution is -0.134. The molecule has 7 nitrogen and oxygen atoms in total. The maximum atomic E-state index is 12.9. The number of ether oxygens (including phenoxy) is 1. The van der Waals surface area contributed by atoms with Crippen LogP contribution in [0.15, 0.2) is 29.4 Å². The zero-order valence-electron chi connectivity index (χ0n) is 14.9. The molecule has 1 atom stereocenters. The largest absolute Gasteiger partial charge is 0.378 e. The van der Waals surface area contributed by atoms with Crippen molar-refractivity contribution in [3.8, 4) is 0 Å². The van der Waals surface area contributed by atoms with E-state index in [4.69, 9.17) is 9.72 Å². The van der Waals surface area contributed by atoms with E-state index in [0.29, 0.717) is 37.3 Å². The number of hydrogen-bond acceptors (Lipinski definition) is 6. The Morgan fingerprint density at radius 2 is 2.04 bits per heavy atom. The molecule has 1 aliphatic rings. The molecule has 1 amide bonds. The molecule has 136 valence electrons. The number of aromatic nitrogens is 4. The predicted octanol–water partition coefficient (Wildman–Crippen LogP) is 2.32. The van der Waals surface area contributed by atoms with Crippen molar-refractivity contribution in [2.75, 3.05) is 26.3 Å². The van der Waals surface area contributed by atoms with Crippen LogP contribution < -0.4 is 0 Å². The second-order valence-corrected chi connectivity index (χ2v) is 7.43. The van der Waals surface area contributed by atoms with Gasteiger partial charge in [0.15, 0.2) is 10.8 Å². The normalized spacial score (nSPS) is 16.3. The third-order valence-corrected chi connectivity index (χ3v) is 5.77. The van der Waals surface area contributed by atoms with Gasteiger partial charge in [-0.25, -0.2) is 9.97 Å². The van der Waals surface area contributed by atoms with Crippen LogP contribution >= 0.6 is 11.8 Å². The van der Waals surface area contributed by atoms with Gasteiger partial charge < -0.3 is 9.64 Å². The Balaban J connectivity index is 1.71. The van der Waals surface area contributed by atoms with Crippen LogP contribution in [0.1, 0.15) is 19.2 Å². The molecule has 1 fully saturated rings. The molecule has 3 heterocycles. The molecule has 1 aromatic carbocycles. The van der Waals surface area contributed by atoms with E-state index in [-0.39, 0.29) is 11.2 Å². The van der Waals surface area contributed by atoms with Gasteiger partial charge >= 0.3 is 0 Å². The van der Waals surface area contributed by atoms with Crippen molar-refractivity contribution in [2.24, 2.45) is 0 Å². The number of aryl methyl sites for hydroxylation is 1. The lowest BCUT2D eigenvalue weighted by Crippen LogP contribution is -2.44. The van der Waals surface area contributed by atoms with Gasteiger partial charge in [-0.2, -0.15) is 4.52 Å². The smallest absolute Gasteiger partial charge is 0.236 e. The highest BCUT2D eigenvalue weighted by molar-refractivity contribution is 8.00. The summed E-state index contributed by atoms with van der Waals surface area (Å²) >= 11 is 1.47. The summed E-state index contributed by atoms with van der Waals surface area (Å²) in [5.74, 6) is 0.832. The van der Waals surface area contributed by atoms with Crippen molar-refractivity contribution in [3.63, 3.8) is 0 Å². The highest BCUT2D eigenvalue weighted by atomic mass is 32.2. The first-order valence-electron chi connectivity index (χ1n) is 8.82. The van der Waals surface area contributed by atoms with Gasteiger partial charge in [0.1, 0.15) is 5.82 Å². The van der Waals surface area contributed by atoms with Gasteiger partial charge in [-0.15, -0.1) is 5.10 Å². The van der Waals surface area contributed by atoms with E-state index >= 15 is 0 Å². The van der Waals surface area contributed by atoms with Crippen LogP contribution in [-0.4, -0.2) is 61.9 Å². The van der Waals surface area contributed by atoms with Crippen molar-refractivity contribution in [2.45, 2.75) is 30.7 Å². The summed E-state index contributed by atoms with van der Waals surface area (Å²) in [5, 5.41) is 5.96. The molecule has 1 aliphatic heterocycles. The first-order valence-corrected chi connectivity index (χ1v) is 9.70. The van der Waals surface area contributed by atoms with E-state index in [1.165, 1.54) is 11.8 Å². The Kier molecular flexibility index (Phi) is 4.78. The van der Waals surface area contributed by atoms with Crippen LogP contribution in [-0.2, 0) is 9.53 Å². The predicted molar refractivity (Wildman–Crippen MR) is 100 cm³/mol. The van der Waals surface area contributed by atoms with Gasteiger partial charge in [-0.1, -0.05) is 30.8 Å². The summed E-state index contributed by atoms with van der Waals surface area (Å²) in [4.78, 5) is 24.1. The maximum absolute atomic E-state index is 12.9. The fourth-order valence-electron chi connectivity index (χ4n) is 3.13. The van der Waals surface area contributed by atoms with Gasteiger partial charge in [-0.3, -0.25) is 4.79 Å². The molecule has 0 N–H and O–H groups in total. The minimum atomic E-state index is -0.200. The number of rotatable bonds is 4. The van der Waals surface area contributed by atoms with Gasteiger partial charge in [0.05, 0.1) is 24.0 Å². The number of carbonyl (C=O) groups is 1. The average molecular weight is 371 g/mol. The Morgan fingerprint density at radius 1 is 1.27 bits per heavy atom. The van der Waals surface area contributed by atoms with Gasteiger partial charge in [0, 0.05) is 18.5 Å². The number of amides is 1. The van der Waals surface area contributed by atoms with Crippen LogP contribution in [0.3, 0.4) is 0 Å². The molecule has 0 radical (unpaired) electrons. The number of morpholine rings is 1. The fourth-order valence-corrected chi connectivity index (χ4v) is 4.18. The Morgan fingerprint density at radius 3 is 2.81 bits per heavy atom. The van der Waals surface area contributed by atoms with Crippen molar-refractivity contribution in [1.29, 1.82) is 0 Å². The highest BCUT2D eigenvalue weighted by Crippen LogP contribution is 2.29. The van der Waals surface area contributed by atoms with Gasteiger partial charge in [-0.05, 0) is 25.5 Å². The van der Waals surface area contributed by atoms with Gasteiger partial charge in [0.25, 0.3) is 0 Å². The molecule has 0 saturated carbocycles. The lowest BCUT2D eigenvalue weighted by atomic mass is 10.2. The SMILES string of the molecule is CC[C@@H](Sc1nc2ccccc2c2nc(C)nn12)C(=O)N1CCOCC1. The molecule has 2 aromatic heterocycles. The molecular weight excluding hydrogens is 350 g/mol. The second kappa shape index (κ2) is 7.20. The molecular formula is C18H21N5O2S. The first-order chi connectivity index (χ1) is 12.7. The third kappa shape index (κ3) is 3.14. The van der Waals surface area contributed by atoms with Crippen molar-refractivity contribution < 1.29 is 9.53 Å². The van der Waals surface area contributed by atoms with E-state index in [9.17, 15) is 4.79 Å². The van der Waals surface area contributed by atoms with Crippen LogP contribution in [0, 0.1) is 6.92 Å². The summed E-state index contributed by atoms with van der Waals surface area (Å²) in [6.45, 7) is 6.41. The summed E-state index contributed by atoms with van der Waals surface area (Å²) in [5.41, 5.74) is 1.65. The molecule has 0 unspecified atom stereocenters. The summed E-state index contributed by atoms with van der Waals surface area (Å²) < 4.78 is 7.12. The van der Waals surface area contributed by atoms with Crippen molar-refractivity contribution in [3.05, 3.63) is 30.1 Å². The van der Waals surface area contributed by atoms with Crippen LogP contribution in [0.4, 0.5) is 0 Å². The van der Waals surface area contributed by atoms with Gasteiger partial charge in [0.2, 0.25) is 5.91 Å². The summed E-state index contributed by atoms with van der Waals surface area (Å²) in [6.07, 6.45) is 0.727. The Hall–Kier alpha value is -2.19. The number of fused-ring (bicyclic) bond motifs is 3. The quantitative estimate of drug-likeness (QED) is 0.518. The van der Waals surface area contributed by atoms with Crippen LogP contribution in [0.25, 0.3) is 16.6 Å². The summed E-state index contributed by atoms with van der Waals surface area (Å²) in [7, 11) is 0. The Labute approximate surface area is 155 Å². The van der Waals surface area contributed by atoms with Crippen LogP contribution in [0.5, 0.6) is 0 Å². The summed E-state index contributed by atoms with van der Waals surface area (Å²) in [6, 6.07) is 7.89. The number of nitrogens with zero attached hydrogens (tertiary/aromatic N) is 5. The van der Waals surface area contributed by atoms with E-state index in [1.807, 2.05) is 43.0 Å². The van der Waals surface area contributed by atoms with E-state index < -0.39 is 0 Å². The second-order valence-electron chi connectivity index (χ2n) is 6.26.